The number of nitrogens with zero attached hydrogens (tertiary/aromatic N) is 2. The van der Waals surface area contributed by atoms with Gasteiger partial charge >= 0.3 is 11.9 Å². The van der Waals surface area contributed by atoms with Crippen LogP contribution in [0.15, 0.2) is 81.7 Å². The molecule has 0 aliphatic carbocycles. The van der Waals surface area contributed by atoms with Crippen LogP contribution in [-0.2, 0) is 22.4 Å². The number of alkyl halides is 2. The summed E-state index contributed by atoms with van der Waals surface area (Å²) in [5, 5.41) is 18.1. The van der Waals surface area contributed by atoms with Crippen LogP contribution in [0.25, 0.3) is 34.1 Å². The van der Waals surface area contributed by atoms with Crippen LogP contribution >= 0.6 is 0 Å². The lowest BCUT2D eigenvalue weighted by molar-refractivity contribution is -0.132. The van der Waals surface area contributed by atoms with Crippen molar-refractivity contribution in [3.05, 3.63) is 153 Å². The van der Waals surface area contributed by atoms with Gasteiger partial charge in [0.25, 0.3) is 0 Å². The Kier molecular flexibility index (Phi) is 13.1. The van der Waals surface area contributed by atoms with Crippen LogP contribution < -0.4 is 0 Å². The molecule has 0 saturated heterocycles. The zero-order valence-electron chi connectivity index (χ0n) is 36.7. The first-order chi connectivity index (χ1) is 30.9. The van der Waals surface area contributed by atoms with E-state index >= 15 is 17.6 Å². The van der Waals surface area contributed by atoms with E-state index in [1.54, 1.807) is 35.8 Å². The first kappa shape index (κ1) is 47.7. The number of hydrogen-bond donors (Lipinski definition) is 2. The molecule has 66 heavy (non-hydrogen) atoms. The van der Waals surface area contributed by atoms with Crippen molar-refractivity contribution in [2.24, 2.45) is 0 Å². The van der Waals surface area contributed by atoms with Gasteiger partial charge in [0.2, 0.25) is 0 Å². The molecule has 0 fully saturated rings. The highest BCUT2D eigenvalue weighted by Crippen LogP contribution is 2.47. The average Bonchev–Trinajstić information content (AvgIpc) is 3.76. The minimum atomic E-state index is -1.68. The summed E-state index contributed by atoms with van der Waals surface area (Å²) in [6.45, 7) is 8.79. The van der Waals surface area contributed by atoms with E-state index < -0.39 is 70.3 Å². The normalized spacial score (nSPS) is 19.4. The number of carboxylic acid groups (broad SMARTS) is 2. The molecule has 0 bridgehead atoms. The third kappa shape index (κ3) is 9.80. The molecule has 8 nitrogen and oxygen atoms in total. The summed E-state index contributed by atoms with van der Waals surface area (Å²) < 4.78 is 132. The maximum atomic E-state index is 15.3. The van der Waals surface area contributed by atoms with Crippen molar-refractivity contribution in [3.8, 4) is 0 Å². The van der Waals surface area contributed by atoms with Crippen LogP contribution in [-0.4, -0.2) is 68.5 Å². The third-order valence-electron chi connectivity index (χ3n) is 11.6. The van der Waals surface area contributed by atoms with Gasteiger partial charge in [0, 0.05) is 59.6 Å². The average molecular weight is 923 g/mol. The lowest BCUT2D eigenvalue weighted by Crippen LogP contribution is -2.48. The number of halogens is 8. The molecule has 4 heterocycles. The molecule has 0 spiro atoms. The summed E-state index contributed by atoms with van der Waals surface area (Å²) in [7, 11) is 0. The Balaban J connectivity index is 0.000000196. The van der Waals surface area contributed by atoms with Gasteiger partial charge in [0.05, 0.1) is 10.8 Å². The number of furan rings is 2. The van der Waals surface area contributed by atoms with Crippen molar-refractivity contribution < 1.29 is 63.8 Å². The van der Waals surface area contributed by atoms with Crippen LogP contribution in [0, 0.1) is 34.9 Å². The Labute approximate surface area is 374 Å². The van der Waals surface area contributed by atoms with Gasteiger partial charge in [-0.25, -0.2) is 44.7 Å². The van der Waals surface area contributed by atoms with Crippen LogP contribution in [0.2, 0.25) is 0 Å². The number of rotatable bonds is 10. The summed E-state index contributed by atoms with van der Waals surface area (Å²) in [4.78, 5) is 24.8. The van der Waals surface area contributed by atoms with E-state index in [4.69, 9.17) is 19.0 Å². The number of fused-ring (bicyclic) bond motifs is 6. The molecule has 6 aromatic rings. The third-order valence-corrected chi connectivity index (χ3v) is 11.6. The SMILES string of the molecule is C[C@@H]1Cc2c(oc3cccc(F)c23)[C@@H](c2c(F)cc(/C=C/C(=O)O)cc2F)N1CC(C)(C)F.C[C@H]1Cc2c(oc3cccc(F)c23)[C@H](c2c(F)cc(/C=C/C(=O)O)cc2F)N1CC(C)(C)F. The standard InChI is InChI=1S/2C25H23F4NO3/c2*1-13-9-15-21-16(26)5-4-6-19(21)33-24(15)23(30(13)12-25(2,3)29)22-17(27)10-14(11-18(22)28)7-8-20(31)32/h2*4-8,10-11,13,23H,9,12H2,1-3H3,(H,31,32)/b2*8-7+/t2*13-,23-/m10/s1. The fourth-order valence-electron chi connectivity index (χ4n) is 9.07. The molecule has 0 unspecified atom stereocenters. The quantitative estimate of drug-likeness (QED) is 0.103. The van der Waals surface area contributed by atoms with E-state index in [1.807, 2.05) is 0 Å². The monoisotopic (exact) mass is 922 g/mol. The zero-order chi connectivity index (χ0) is 48.2. The van der Waals surface area contributed by atoms with Gasteiger partial charge < -0.3 is 19.0 Å². The molecule has 2 N–H and O–H groups in total. The summed E-state index contributed by atoms with van der Waals surface area (Å²) in [6.07, 6.45) is 4.33. The Morgan fingerprint density at radius 3 is 1.24 bits per heavy atom. The van der Waals surface area contributed by atoms with Crippen LogP contribution in [0.3, 0.4) is 0 Å². The lowest BCUT2D eigenvalue weighted by atomic mass is 9.87. The fraction of sp³-hybridized carbons (Fsp3) is 0.320. The van der Waals surface area contributed by atoms with E-state index in [-0.39, 0.29) is 80.9 Å². The molecular formula is C50H46F8N2O6. The maximum Gasteiger partial charge on any atom is 0.328 e. The second-order valence-electron chi connectivity index (χ2n) is 17.9. The largest absolute Gasteiger partial charge is 0.478 e. The number of aliphatic carboxylic acids is 2. The number of carbonyl (C=O) groups is 2. The van der Waals surface area contributed by atoms with Gasteiger partial charge in [-0.1, -0.05) is 12.1 Å². The summed E-state index contributed by atoms with van der Waals surface area (Å²) >= 11 is 0. The highest BCUT2D eigenvalue weighted by atomic mass is 19.2. The second-order valence-corrected chi connectivity index (χ2v) is 17.9. The molecular weight excluding hydrogens is 877 g/mol. The number of benzene rings is 4. The topological polar surface area (TPSA) is 107 Å². The zero-order valence-corrected chi connectivity index (χ0v) is 36.7. The van der Waals surface area contributed by atoms with Gasteiger partial charge in [-0.05, 0) is 126 Å². The summed E-state index contributed by atoms with van der Waals surface area (Å²) in [6, 6.07) is 9.74. The molecule has 16 heteroatoms. The lowest BCUT2D eigenvalue weighted by Gasteiger charge is -2.42. The van der Waals surface area contributed by atoms with Gasteiger partial charge in [0.1, 0.15) is 81.0 Å². The highest BCUT2D eigenvalue weighted by Gasteiger charge is 2.44. The predicted octanol–water partition coefficient (Wildman–Crippen LogP) is 12.1. The first-order valence-electron chi connectivity index (χ1n) is 21.0. The minimum Gasteiger partial charge on any atom is -0.478 e. The van der Waals surface area contributed by atoms with E-state index in [0.29, 0.717) is 24.0 Å². The summed E-state index contributed by atoms with van der Waals surface area (Å²) in [5.41, 5.74) is -2.54. The molecule has 0 saturated carbocycles. The number of hydrogen-bond acceptors (Lipinski definition) is 6. The molecule has 2 aliphatic rings. The molecule has 348 valence electrons. The van der Waals surface area contributed by atoms with Crippen molar-refractivity contribution in [1.29, 1.82) is 0 Å². The molecule has 4 aromatic carbocycles. The molecule has 0 radical (unpaired) electrons. The highest BCUT2D eigenvalue weighted by molar-refractivity contribution is 5.87. The van der Waals surface area contributed by atoms with Crippen LogP contribution in [0.1, 0.15) is 98.5 Å². The Hall–Kier alpha value is -6.26. The van der Waals surface area contributed by atoms with Crippen molar-refractivity contribution in [2.45, 2.75) is 89.9 Å². The molecule has 2 aliphatic heterocycles. The first-order valence-corrected chi connectivity index (χ1v) is 21.0. The van der Waals surface area contributed by atoms with E-state index in [0.717, 1.165) is 48.6 Å². The second kappa shape index (κ2) is 18.2. The van der Waals surface area contributed by atoms with Gasteiger partial charge in [0.15, 0.2) is 0 Å². The molecule has 8 rings (SSSR count). The van der Waals surface area contributed by atoms with Crippen molar-refractivity contribution >= 4 is 46.0 Å². The van der Waals surface area contributed by atoms with Gasteiger partial charge in [-0.3, -0.25) is 9.80 Å². The van der Waals surface area contributed by atoms with Gasteiger partial charge in [-0.15, -0.1) is 0 Å². The smallest absolute Gasteiger partial charge is 0.328 e. The van der Waals surface area contributed by atoms with E-state index in [1.165, 1.54) is 52.0 Å². The Morgan fingerprint density at radius 1 is 0.606 bits per heavy atom. The van der Waals surface area contributed by atoms with Crippen molar-refractivity contribution in [3.63, 3.8) is 0 Å². The Bertz CT molecular complexity index is 2670. The van der Waals surface area contributed by atoms with Crippen molar-refractivity contribution in [1.82, 2.24) is 9.80 Å². The fourth-order valence-corrected chi connectivity index (χ4v) is 9.07. The van der Waals surface area contributed by atoms with E-state index in [9.17, 15) is 27.2 Å². The van der Waals surface area contributed by atoms with Crippen molar-refractivity contribution in [2.75, 3.05) is 13.1 Å². The molecule has 4 atom stereocenters. The van der Waals surface area contributed by atoms with E-state index in [2.05, 4.69) is 0 Å². The van der Waals surface area contributed by atoms with Crippen LogP contribution in [0.5, 0.6) is 0 Å². The van der Waals surface area contributed by atoms with Crippen LogP contribution in [0.4, 0.5) is 35.1 Å². The maximum absolute atomic E-state index is 15.3. The molecule has 0 amide bonds. The minimum absolute atomic E-state index is 0.0215. The predicted molar refractivity (Wildman–Crippen MR) is 232 cm³/mol. The Morgan fingerprint density at radius 2 is 0.939 bits per heavy atom. The molecule has 2 aromatic heterocycles. The van der Waals surface area contributed by atoms with Gasteiger partial charge in [-0.2, -0.15) is 0 Å². The number of carboxylic acids is 2. The summed E-state index contributed by atoms with van der Waals surface area (Å²) in [5.74, 6) is -6.93.